The zero-order valence-electron chi connectivity index (χ0n) is 11.9. The summed E-state index contributed by atoms with van der Waals surface area (Å²) in [5, 5.41) is 13.5. The molecule has 2 aliphatic carbocycles. The Kier molecular flexibility index (Phi) is 3.79. The van der Waals surface area contributed by atoms with Crippen LogP contribution in [0.15, 0.2) is 18.2 Å². The SMILES string of the molecule is CC1CCCC1CNC1CCCc2ccc(O)cc21. The van der Waals surface area contributed by atoms with Crippen molar-refractivity contribution in [2.45, 2.75) is 51.5 Å². The maximum atomic E-state index is 9.70. The van der Waals surface area contributed by atoms with Gasteiger partial charge in [0.1, 0.15) is 5.75 Å². The predicted octanol–water partition coefficient (Wildman–Crippen LogP) is 3.80. The zero-order chi connectivity index (χ0) is 13.2. The maximum absolute atomic E-state index is 9.70. The molecule has 2 nitrogen and oxygen atoms in total. The number of phenols is 1. The lowest BCUT2D eigenvalue weighted by molar-refractivity contribution is 0.352. The third-order valence-electron chi connectivity index (χ3n) is 5.11. The Morgan fingerprint density at radius 1 is 1.21 bits per heavy atom. The number of hydrogen-bond acceptors (Lipinski definition) is 2. The van der Waals surface area contributed by atoms with Crippen molar-refractivity contribution in [2.24, 2.45) is 11.8 Å². The molecular weight excluding hydrogens is 234 g/mol. The second-order valence-electron chi connectivity index (χ2n) is 6.40. The average Bonchev–Trinajstić information content (AvgIpc) is 2.82. The highest BCUT2D eigenvalue weighted by Crippen LogP contribution is 2.34. The number of rotatable bonds is 3. The van der Waals surface area contributed by atoms with E-state index in [0.29, 0.717) is 11.8 Å². The summed E-state index contributed by atoms with van der Waals surface area (Å²) in [5.74, 6) is 2.13. The molecule has 0 heterocycles. The Morgan fingerprint density at radius 2 is 2.11 bits per heavy atom. The predicted molar refractivity (Wildman–Crippen MR) is 78.3 cm³/mol. The number of aryl methyl sites for hydroxylation is 1. The van der Waals surface area contributed by atoms with Gasteiger partial charge in [0.15, 0.2) is 0 Å². The van der Waals surface area contributed by atoms with Crippen molar-refractivity contribution in [2.75, 3.05) is 6.54 Å². The fourth-order valence-electron chi connectivity index (χ4n) is 3.82. The van der Waals surface area contributed by atoms with Crippen LogP contribution in [0.1, 0.15) is 56.2 Å². The number of hydrogen-bond donors (Lipinski definition) is 2. The summed E-state index contributed by atoms with van der Waals surface area (Å²) in [7, 11) is 0. The summed E-state index contributed by atoms with van der Waals surface area (Å²) in [6, 6.07) is 6.32. The molecule has 1 saturated carbocycles. The molecule has 1 aromatic carbocycles. The molecular formula is C17H25NO. The quantitative estimate of drug-likeness (QED) is 0.865. The second-order valence-corrected chi connectivity index (χ2v) is 6.40. The molecule has 3 rings (SSSR count). The molecule has 1 fully saturated rings. The van der Waals surface area contributed by atoms with Crippen LogP contribution in [0.4, 0.5) is 0 Å². The zero-order valence-corrected chi connectivity index (χ0v) is 11.9. The highest BCUT2D eigenvalue weighted by atomic mass is 16.3. The van der Waals surface area contributed by atoms with E-state index in [1.807, 2.05) is 12.1 Å². The number of fused-ring (bicyclic) bond motifs is 1. The van der Waals surface area contributed by atoms with Crippen molar-refractivity contribution < 1.29 is 5.11 Å². The Hall–Kier alpha value is -1.02. The smallest absolute Gasteiger partial charge is 0.115 e. The van der Waals surface area contributed by atoms with Gasteiger partial charge in [0.25, 0.3) is 0 Å². The van der Waals surface area contributed by atoms with Crippen molar-refractivity contribution in [1.82, 2.24) is 5.32 Å². The molecule has 19 heavy (non-hydrogen) atoms. The molecule has 2 N–H and O–H groups in total. The topological polar surface area (TPSA) is 32.3 Å². The Bertz CT molecular complexity index is 443. The minimum Gasteiger partial charge on any atom is -0.508 e. The van der Waals surface area contributed by atoms with Gasteiger partial charge in [0, 0.05) is 6.04 Å². The first-order valence-electron chi connectivity index (χ1n) is 7.79. The minimum atomic E-state index is 0.404. The molecule has 0 bridgehead atoms. The van der Waals surface area contributed by atoms with E-state index < -0.39 is 0 Å². The van der Waals surface area contributed by atoms with E-state index in [2.05, 4.69) is 18.3 Å². The number of nitrogens with one attached hydrogen (secondary N) is 1. The van der Waals surface area contributed by atoms with Crippen molar-refractivity contribution in [3.05, 3.63) is 29.3 Å². The van der Waals surface area contributed by atoms with Crippen LogP contribution < -0.4 is 5.32 Å². The standard InChI is InChI=1S/C17H25NO/c1-12-4-2-6-14(12)11-18-17-7-3-5-13-8-9-15(19)10-16(13)17/h8-10,12,14,17-19H,2-7,11H2,1H3. The summed E-state index contributed by atoms with van der Waals surface area (Å²) in [4.78, 5) is 0. The molecule has 0 aromatic heterocycles. The van der Waals surface area contributed by atoms with Crippen LogP contribution in [0, 0.1) is 11.8 Å². The molecule has 2 heteroatoms. The van der Waals surface area contributed by atoms with Crippen molar-refractivity contribution in [3.63, 3.8) is 0 Å². The van der Waals surface area contributed by atoms with E-state index in [9.17, 15) is 5.11 Å². The highest BCUT2D eigenvalue weighted by Gasteiger charge is 2.26. The molecule has 0 spiro atoms. The van der Waals surface area contributed by atoms with E-state index in [4.69, 9.17) is 0 Å². The van der Waals surface area contributed by atoms with Gasteiger partial charge in [-0.1, -0.05) is 25.8 Å². The minimum absolute atomic E-state index is 0.404. The number of benzene rings is 1. The summed E-state index contributed by atoms with van der Waals surface area (Å²) < 4.78 is 0. The van der Waals surface area contributed by atoms with Crippen LogP contribution in [-0.2, 0) is 6.42 Å². The molecule has 0 amide bonds. The van der Waals surface area contributed by atoms with Crippen LogP contribution in [0.25, 0.3) is 0 Å². The maximum Gasteiger partial charge on any atom is 0.115 e. The Morgan fingerprint density at radius 3 is 2.89 bits per heavy atom. The third kappa shape index (κ3) is 2.79. The Balaban J connectivity index is 1.67. The summed E-state index contributed by atoms with van der Waals surface area (Å²) in [6.45, 7) is 3.53. The first-order chi connectivity index (χ1) is 9.24. The largest absolute Gasteiger partial charge is 0.508 e. The van der Waals surface area contributed by atoms with Gasteiger partial charge in [-0.2, -0.15) is 0 Å². The molecule has 0 aliphatic heterocycles. The highest BCUT2D eigenvalue weighted by molar-refractivity contribution is 5.38. The number of phenolic OH excluding ortho intramolecular Hbond substituents is 1. The van der Waals surface area contributed by atoms with Gasteiger partial charge in [-0.25, -0.2) is 0 Å². The van der Waals surface area contributed by atoms with Crippen LogP contribution in [0.2, 0.25) is 0 Å². The van der Waals surface area contributed by atoms with Gasteiger partial charge in [-0.15, -0.1) is 0 Å². The molecule has 104 valence electrons. The monoisotopic (exact) mass is 259 g/mol. The molecule has 0 saturated heterocycles. The first-order valence-corrected chi connectivity index (χ1v) is 7.79. The lowest BCUT2D eigenvalue weighted by atomic mass is 9.87. The van der Waals surface area contributed by atoms with E-state index in [-0.39, 0.29) is 0 Å². The molecule has 0 radical (unpaired) electrons. The van der Waals surface area contributed by atoms with E-state index in [1.165, 1.54) is 43.2 Å². The first kappa shape index (κ1) is 13.0. The average molecular weight is 259 g/mol. The van der Waals surface area contributed by atoms with Crippen LogP contribution in [0.3, 0.4) is 0 Å². The van der Waals surface area contributed by atoms with Gasteiger partial charge in [-0.3, -0.25) is 0 Å². The normalized spacial score (nSPS) is 30.3. The summed E-state index contributed by atoms with van der Waals surface area (Å²) in [5.41, 5.74) is 2.75. The van der Waals surface area contributed by atoms with Gasteiger partial charge < -0.3 is 10.4 Å². The second kappa shape index (κ2) is 5.54. The molecule has 1 aromatic rings. The van der Waals surface area contributed by atoms with Crippen molar-refractivity contribution >= 4 is 0 Å². The summed E-state index contributed by atoms with van der Waals surface area (Å²) >= 11 is 0. The lowest BCUT2D eigenvalue weighted by Gasteiger charge is -2.28. The number of aromatic hydroxyl groups is 1. The van der Waals surface area contributed by atoms with Crippen LogP contribution in [-0.4, -0.2) is 11.7 Å². The fraction of sp³-hybridized carbons (Fsp3) is 0.647. The Labute approximate surface area is 116 Å². The van der Waals surface area contributed by atoms with Gasteiger partial charge >= 0.3 is 0 Å². The lowest BCUT2D eigenvalue weighted by Crippen LogP contribution is -2.30. The van der Waals surface area contributed by atoms with Gasteiger partial charge in [0.05, 0.1) is 0 Å². The molecule has 2 aliphatic rings. The molecule has 3 unspecified atom stereocenters. The van der Waals surface area contributed by atoms with Crippen molar-refractivity contribution in [3.8, 4) is 5.75 Å². The third-order valence-corrected chi connectivity index (χ3v) is 5.11. The van der Waals surface area contributed by atoms with Crippen LogP contribution >= 0.6 is 0 Å². The van der Waals surface area contributed by atoms with E-state index >= 15 is 0 Å². The summed E-state index contributed by atoms with van der Waals surface area (Å²) in [6.07, 6.45) is 7.80. The van der Waals surface area contributed by atoms with Crippen LogP contribution in [0.5, 0.6) is 5.75 Å². The van der Waals surface area contributed by atoms with E-state index in [0.717, 1.165) is 24.8 Å². The van der Waals surface area contributed by atoms with Crippen molar-refractivity contribution in [1.29, 1.82) is 0 Å². The van der Waals surface area contributed by atoms with E-state index in [1.54, 1.807) is 0 Å². The van der Waals surface area contributed by atoms with Gasteiger partial charge in [-0.05, 0) is 67.3 Å². The fourth-order valence-corrected chi connectivity index (χ4v) is 3.82. The van der Waals surface area contributed by atoms with Gasteiger partial charge in [0.2, 0.25) is 0 Å². The molecule has 3 atom stereocenters.